The summed E-state index contributed by atoms with van der Waals surface area (Å²) in [7, 11) is -12.3. The molecule has 11 nitrogen and oxygen atoms in total. The lowest BCUT2D eigenvalue weighted by Gasteiger charge is -2.31. The van der Waals surface area contributed by atoms with Gasteiger partial charge in [0, 0.05) is 28.9 Å². The van der Waals surface area contributed by atoms with E-state index in [9.17, 15) is 30.4 Å². The molecule has 3 heterocycles. The fourth-order valence-electron chi connectivity index (χ4n) is 5.11. The van der Waals surface area contributed by atoms with Crippen LogP contribution in [0.4, 0.5) is 11.4 Å². The van der Waals surface area contributed by atoms with Gasteiger partial charge in [0.2, 0.25) is 0 Å². The van der Waals surface area contributed by atoms with E-state index in [2.05, 4.69) is 14.7 Å². The lowest BCUT2D eigenvalue weighted by molar-refractivity contribution is 0.184. The summed E-state index contributed by atoms with van der Waals surface area (Å²) in [6, 6.07) is 20.3. The Bertz CT molecular complexity index is 2150. The summed E-state index contributed by atoms with van der Waals surface area (Å²) in [5.74, 6) is -1.18. The number of hydrogen-bond acceptors (Lipinski definition) is 9. The first-order valence-electron chi connectivity index (χ1n) is 12.7. The first-order valence-corrected chi connectivity index (χ1v) is 17.4. The van der Waals surface area contributed by atoms with Crippen molar-refractivity contribution in [3.63, 3.8) is 0 Å². The molecular weight excluding hydrogens is 601 g/mol. The van der Waals surface area contributed by atoms with Gasteiger partial charge in [-0.05, 0) is 48.5 Å². The first-order chi connectivity index (χ1) is 20.0. The van der Waals surface area contributed by atoms with Gasteiger partial charge in [0.1, 0.15) is 9.79 Å². The standard InChI is InChI=1S/C28H24N4O7S3/c33-24-18-40(34,35)17-23(24)32(42(38,39)26-10-2-6-20-8-4-16-30-28(20)26)22-13-11-21(12-14-22)31-41(36,37)25-9-1-5-19-7-3-15-29-27(19)25/h1-16,23-24,31,33H,17-18H2/t23-,24-/m0/s1. The number of rotatable bonds is 7. The summed E-state index contributed by atoms with van der Waals surface area (Å²) < 4.78 is 83.1. The van der Waals surface area contributed by atoms with E-state index >= 15 is 0 Å². The number of aliphatic hydroxyl groups excluding tert-OH is 1. The quantitative estimate of drug-likeness (QED) is 0.277. The van der Waals surface area contributed by atoms with Crippen molar-refractivity contribution in [1.29, 1.82) is 0 Å². The molecule has 216 valence electrons. The Kier molecular flexibility index (Phi) is 6.88. The molecule has 0 spiro atoms. The summed E-state index contributed by atoms with van der Waals surface area (Å²) in [5, 5.41) is 11.9. The molecule has 1 aliphatic rings. The van der Waals surface area contributed by atoms with Crippen molar-refractivity contribution in [2.24, 2.45) is 0 Å². The van der Waals surface area contributed by atoms with E-state index < -0.39 is 53.5 Å². The summed E-state index contributed by atoms with van der Waals surface area (Å²) in [5.41, 5.74) is 0.657. The molecule has 14 heteroatoms. The van der Waals surface area contributed by atoms with Crippen molar-refractivity contribution >= 4 is 63.1 Å². The number of sulfonamides is 2. The van der Waals surface area contributed by atoms with Crippen molar-refractivity contribution in [3.05, 3.63) is 97.3 Å². The third-order valence-electron chi connectivity index (χ3n) is 6.99. The Morgan fingerprint density at radius 3 is 1.86 bits per heavy atom. The predicted octanol–water partition coefficient (Wildman–Crippen LogP) is 2.94. The molecule has 0 radical (unpaired) electrons. The molecule has 2 aromatic heterocycles. The molecule has 3 aromatic carbocycles. The highest BCUT2D eigenvalue weighted by atomic mass is 32.2. The van der Waals surface area contributed by atoms with Gasteiger partial charge in [-0.2, -0.15) is 0 Å². The van der Waals surface area contributed by atoms with Gasteiger partial charge in [0.25, 0.3) is 20.0 Å². The van der Waals surface area contributed by atoms with Crippen LogP contribution in [-0.4, -0.2) is 64.0 Å². The number of pyridine rings is 2. The van der Waals surface area contributed by atoms with E-state index in [-0.39, 0.29) is 26.7 Å². The molecule has 0 bridgehead atoms. The van der Waals surface area contributed by atoms with Crippen LogP contribution >= 0.6 is 0 Å². The van der Waals surface area contributed by atoms with Crippen molar-refractivity contribution < 1.29 is 30.4 Å². The third-order valence-corrected chi connectivity index (χ3v) is 12.0. The van der Waals surface area contributed by atoms with E-state index in [0.29, 0.717) is 16.3 Å². The molecule has 1 saturated heterocycles. The van der Waals surface area contributed by atoms with Crippen molar-refractivity contribution in [2.45, 2.75) is 21.9 Å². The van der Waals surface area contributed by atoms with Crippen LogP contribution in [0.1, 0.15) is 0 Å². The highest BCUT2D eigenvalue weighted by molar-refractivity contribution is 7.94. The fourth-order valence-corrected chi connectivity index (χ4v) is 10.1. The van der Waals surface area contributed by atoms with Gasteiger partial charge in [-0.25, -0.2) is 25.3 Å². The summed E-state index contributed by atoms with van der Waals surface area (Å²) >= 11 is 0. The van der Waals surface area contributed by atoms with Crippen molar-refractivity contribution in [3.8, 4) is 0 Å². The molecule has 5 aromatic rings. The Balaban J connectivity index is 1.41. The van der Waals surface area contributed by atoms with Crippen LogP contribution in [0.25, 0.3) is 21.8 Å². The number of fused-ring (bicyclic) bond motifs is 2. The van der Waals surface area contributed by atoms with Crippen LogP contribution in [0.2, 0.25) is 0 Å². The number of sulfone groups is 1. The van der Waals surface area contributed by atoms with Crippen LogP contribution in [0, 0.1) is 0 Å². The van der Waals surface area contributed by atoms with Crippen LogP contribution in [0.15, 0.2) is 107 Å². The zero-order chi connectivity index (χ0) is 29.7. The third kappa shape index (κ3) is 5.06. The van der Waals surface area contributed by atoms with Gasteiger partial charge in [0.15, 0.2) is 9.84 Å². The zero-order valence-corrected chi connectivity index (χ0v) is 24.2. The number of hydrogen-bond donors (Lipinski definition) is 2. The fraction of sp³-hybridized carbons (Fsp3) is 0.143. The Hall–Kier alpha value is -4.11. The SMILES string of the molecule is O=S1(=O)C[C@H](O)[C@@H](N(c2ccc(NS(=O)(=O)c3cccc4cccnc34)cc2)S(=O)(=O)c2cccc3cccnc23)C1. The van der Waals surface area contributed by atoms with Gasteiger partial charge < -0.3 is 5.11 Å². The summed E-state index contributed by atoms with van der Waals surface area (Å²) in [4.78, 5) is 8.24. The number of anilines is 2. The number of para-hydroxylation sites is 2. The molecule has 2 N–H and O–H groups in total. The maximum atomic E-state index is 14.2. The van der Waals surface area contributed by atoms with E-state index in [4.69, 9.17) is 0 Å². The largest absolute Gasteiger partial charge is 0.390 e. The van der Waals surface area contributed by atoms with Crippen LogP contribution in [-0.2, 0) is 29.9 Å². The van der Waals surface area contributed by atoms with E-state index in [1.165, 1.54) is 48.8 Å². The summed E-state index contributed by atoms with van der Waals surface area (Å²) in [6.45, 7) is 0. The van der Waals surface area contributed by atoms with Gasteiger partial charge in [-0.1, -0.05) is 36.4 Å². The number of nitrogens with one attached hydrogen (secondary N) is 1. The Morgan fingerprint density at radius 2 is 1.29 bits per heavy atom. The minimum atomic E-state index is -4.46. The van der Waals surface area contributed by atoms with Gasteiger partial charge in [0.05, 0.1) is 40.4 Å². The van der Waals surface area contributed by atoms with Crippen molar-refractivity contribution in [1.82, 2.24) is 9.97 Å². The maximum Gasteiger partial charge on any atom is 0.266 e. The molecule has 42 heavy (non-hydrogen) atoms. The molecule has 1 aliphatic heterocycles. The van der Waals surface area contributed by atoms with Crippen LogP contribution in [0.5, 0.6) is 0 Å². The zero-order valence-electron chi connectivity index (χ0n) is 21.8. The van der Waals surface area contributed by atoms with Crippen LogP contribution in [0.3, 0.4) is 0 Å². The van der Waals surface area contributed by atoms with E-state index in [1.54, 1.807) is 48.5 Å². The topological polar surface area (TPSA) is 164 Å². The minimum absolute atomic E-state index is 0.0309. The molecule has 0 unspecified atom stereocenters. The van der Waals surface area contributed by atoms with E-state index in [1.807, 2.05) is 0 Å². The van der Waals surface area contributed by atoms with Gasteiger partial charge in [-0.15, -0.1) is 0 Å². The molecule has 2 atom stereocenters. The molecule has 6 rings (SSSR count). The van der Waals surface area contributed by atoms with E-state index in [0.717, 1.165) is 4.31 Å². The minimum Gasteiger partial charge on any atom is -0.390 e. The van der Waals surface area contributed by atoms with Crippen molar-refractivity contribution in [2.75, 3.05) is 20.5 Å². The Morgan fingerprint density at radius 1 is 0.738 bits per heavy atom. The molecule has 0 saturated carbocycles. The number of aliphatic hydroxyl groups is 1. The number of benzene rings is 3. The number of nitrogens with zero attached hydrogens (tertiary/aromatic N) is 3. The molecule has 0 amide bonds. The highest BCUT2D eigenvalue weighted by Crippen LogP contribution is 2.34. The lowest BCUT2D eigenvalue weighted by atomic mass is 10.2. The van der Waals surface area contributed by atoms with Gasteiger partial charge in [-0.3, -0.25) is 19.0 Å². The smallest absolute Gasteiger partial charge is 0.266 e. The first kappa shape index (κ1) is 28.0. The second-order valence-corrected chi connectivity index (χ2v) is 15.4. The molecular formula is C28H24N4O7S3. The monoisotopic (exact) mass is 624 g/mol. The lowest BCUT2D eigenvalue weighted by Crippen LogP contribution is -2.47. The predicted molar refractivity (Wildman–Crippen MR) is 159 cm³/mol. The average molecular weight is 625 g/mol. The van der Waals surface area contributed by atoms with Crippen LogP contribution < -0.4 is 9.03 Å². The normalized spacial score (nSPS) is 18.7. The highest BCUT2D eigenvalue weighted by Gasteiger charge is 2.45. The Labute approximate surface area is 242 Å². The van der Waals surface area contributed by atoms with Gasteiger partial charge >= 0.3 is 0 Å². The average Bonchev–Trinajstić information content (AvgIpc) is 3.24. The summed E-state index contributed by atoms with van der Waals surface area (Å²) in [6.07, 6.45) is 1.46. The number of aromatic nitrogens is 2. The second-order valence-electron chi connectivity index (χ2n) is 9.83. The second kappa shape index (κ2) is 10.3. The maximum absolute atomic E-state index is 14.2. The molecule has 1 fully saturated rings. The molecule has 0 aliphatic carbocycles.